The van der Waals surface area contributed by atoms with E-state index in [-0.39, 0.29) is 0 Å². The summed E-state index contributed by atoms with van der Waals surface area (Å²) in [5.74, 6) is 1.70. The first kappa shape index (κ1) is 20.8. The number of imidazole rings is 1. The summed E-state index contributed by atoms with van der Waals surface area (Å²) >= 11 is 12.7. The molecule has 0 spiro atoms. The first-order valence-electron chi connectivity index (χ1n) is 10.4. The van der Waals surface area contributed by atoms with Crippen molar-refractivity contribution in [2.75, 3.05) is 0 Å². The number of nitrogens with zero attached hydrogens (tertiary/aromatic N) is 1. The monoisotopic (exact) mass is 461 g/mol. The average molecular weight is 462 g/mol. The van der Waals surface area contributed by atoms with E-state index in [1.807, 2.05) is 60.7 Å². The van der Waals surface area contributed by atoms with E-state index in [9.17, 15) is 0 Å². The molecular weight excluding hydrogens is 441 g/mol. The molecule has 2 N–H and O–H groups in total. The van der Waals surface area contributed by atoms with Crippen LogP contribution >= 0.6 is 23.2 Å². The van der Waals surface area contributed by atoms with Crippen LogP contribution in [0.2, 0.25) is 10.0 Å². The second-order valence-corrected chi connectivity index (χ2v) is 8.37. The van der Waals surface area contributed by atoms with E-state index in [1.54, 1.807) is 0 Å². The fraction of sp³-hybridized carbons (Fsp3) is 0.115. The van der Waals surface area contributed by atoms with Crippen molar-refractivity contribution in [2.45, 2.75) is 19.7 Å². The number of ether oxygens (including phenoxy) is 1. The molecule has 0 radical (unpaired) electrons. The van der Waals surface area contributed by atoms with Gasteiger partial charge in [0, 0.05) is 27.7 Å². The van der Waals surface area contributed by atoms with Crippen LogP contribution in [0.4, 0.5) is 0 Å². The number of hydrogen-bond acceptors (Lipinski definition) is 3. The van der Waals surface area contributed by atoms with Crippen molar-refractivity contribution in [2.24, 2.45) is 0 Å². The third kappa shape index (κ3) is 4.30. The molecular formula is C26H21Cl2N3O. The number of halogens is 2. The molecule has 1 aromatic heterocycles. The standard InChI is InChI=1S/C26H21Cl2N3O/c27-21-8-5-9-22(28)20(21)16-32-25-13-12-17-6-1-2-7-18(17)19(25)14-29-15-26-30-23-10-3-4-11-24(23)31-26/h1-13,29H,14-16H2,(H,30,31). The van der Waals surface area contributed by atoms with Gasteiger partial charge in [0.2, 0.25) is 0 Å². The second kappa shape index (κ2) is 9.21. The van der Waals surface area contributed by atoms with E-state index in [1.165, 1.54) is 0 Å². The van der Waals surface area contributed by atoms with Gasteiger partial charge in [0.05, 0.1) is 17.6 Å². The fourth-order valence-corrected chi connectivity index (χ4v) is 4.36. The van der Waals surface area contributed by atoms with Gasteiger partial charge in [0.25, 0.3) is 0 Å². The van der Waals surface area contributed by atoms with Crippen LogP contribution < -0.4 is 10.1 Å². The number of H-pyrrole nitrogens is 1. The zero-order valence-electron chi connectivity index (χ0n) is 17.2. The Bertz CT molecular complexity index is 1340. The van der Waals surface area contributed by atoms with E-state index in [0.29, 0.717) is 29.7 Å². The minimum absolute atomic E-state index is 0.299. The first-order valence-corrected chi connectivity index (χ1v) is 11.2. The molecule has 1 heterocycles. The van der Waals surface area contributed by atoms with Crippen LogP contribution in [0, 0.1) is 0 Å². The molecule has 160 valence electrons. The van der Waals surface area contributed by atoms with Crippen molar-refractivity contribution < 1.29 is 4.74 Å². The quantitative estimate of drug-likeness (QED) is 0.277. The Balaban J connectivity index is 1.38. The van der Waals surface area contributed by atoms with Crippen LogP contribution in [0.15, 0.2) is 78.9 Å². The van der Waals surface area contributed by atoms with E-state index < -0.39 is 0 Å². The van der Waals surface area contributed by atoms with Gasteiger partial charge in [-0.2, -0.15) is 0 Å². The SMILES string of the molecule is Clc1cccc(Cl)c1COc1ccc2ccccc2c1CNCc1nc2ccccc2[nH]1. The molecule has 0 fully saturated rings. The Kier molecular flexibility index (Phi) is 5.99. The highest BCUT2D eigenvalue weighted by Crippen LogP contribution is 2.31. The summed E-state index contributed by atoms with van der Waals surface area (Å²) in [5.41, 5.74) is 3.87. The predicted octanol–water partition coefficient (Wildman–Crippen LogP) is 6.89. The summed E-state index contributed by atoms with van der Waals surface area (Å²) in [5, 5.41) is 7.02. The maximum Gasteiger partial charge on any atom is 0.124 e. The number of para-hydroxylation sites is 2. The minimum atomic E-state index is 0.299. The highest BCUT2D eigenvalue weighted by Gasteiger charge is 2.12. The molecule has 0 aliphatic rings. The number of aromatic amines is 1. The summed E-state index contributed by atoms with van der Waals surface area (Å²) in [6, 6.07) is 25.9. The van der Waals surface area contributed by atoms with Crippen molar-refractivity contribution in [3.8, 4) is 5.75 Å². The molecule has 0 aliphatic carbocycles. The molecule has 5 rings (SSSR count). The summed E-state index contributed by atoms with van der Waals surface area (Å²) in [4.78, 5) is 8.00. The van der Waals surface area contributed by atoms with Crippen LogP contribution in [0.3, 0.4) is 0 Å². The van der Waals surface area contributed by atoms with Crippen molar-refractivity contribution in [3.05, 3.63) is 106 Å². The van der Waals surface area contributed by atoms with Gasteiger partial charge in [-0.1, -0.05) is 71.7 Å². The Morgan fingerprint density at radius 3 is 2.41 bits per heavy atom. The lowest BCUT2D eigenvalue weighted by Gasteiger charge is -2.16. The molecule has 0 atom stereocenters. The number of hydrogen-bond donors (Lipinski definition) is 2. The van der Waals surface area contributed by atoms with E-state index >= 15 is 0 Å². The molecule has 0 bridgehead atoms. The molecule has 32 heavy (non-hydrogen) atoms. The van der Waals surface area contributed by atoms with Crippen molar-refractivity contribution >= 4 is 45.0 Å². The van der Waals surface area contributed by atoms with E-state index in [4.69, 9.17) is 27.9 Å². The summed E-state index contributed by atoms with van der Waals surface area (Å²) in [6.07, 6.45) is 0. The molecule has 0 saturated heterocycles. The molecule has 0 amide bonds. The number of aromatic nitrogens is 2. The van der Waals surface area contributed by atoms with Crippen LogP contribution in [0.5, 0.6) is 5.75 Å². The number of fused-ring (bicyclic) bond motifs is 2. The molecule has 4 nitrogen and oxygen atoms in total. The normalized spacial score (nSPS) is 11.3. The Morgan fingerprint density at radius 1 is 0.781 bits per heavy atom. The lowest BCUT2D eigenvalue weighted by Crippen LogP contribution is -2.15. The molecule has 0 saturated carbocycles. The minimum Gasteiger partial charge on any atom is -0.488 e. The zero-order chi connectivity index (χ0) is 21.9. The van der Waals surface area contributed by atoms with Crippen molar-refractivity contribution in [1.82, 2.24) is 15.3 Å². The highest BCUT2D eigenvalue weighted by atomic mass is 35.5. The lowest BCUT2D eigenvalue weighted by atomic mass is 10.0. The first-order chi connectivity index (χ1) is 15.7. The number of nitrogens with one attached hydrogen (secondary N) is 2. The van der Waals surface area contributed by atoms with Gasteiger partial charge in [0.1, 0.15) is 18.2 Å². The van der Waals surface area contributed by atoms with Gasteiger partial charge in [-0.3, -0.25) is 0 Å². The van der Waals surface area contributed by atoms with Crippen LogP contribution in [-0.4, -0.2) is 9.97 Å². The smallest absolute Gasteiger partial charge is 0.124 e. The van der Waals surface area contributed by atoms with Gasteiger partial charge < -0.3 is 15.0 Å². The third-order valence-corrected chi connectivity index (χ3v) is 6.17. The summed E-state index contributed by atoms with van der Waals surface area (Å²) in [6.45, 7) is 1.55. The maximum atomic E-state index is 6.33. The highest BCUT2D eigenvalue weighted by molar-refractivity contribution is 6.35. The third-order valence-electron chi connectivity index (χ3n) is 5.46. The lowest BCUT2D eigenvalue weighted by molar-refractivity contribution is 0.303. The molecule has 5 aromatic rings. The van der Waals surface area contributed by atoms with Gasteiger partial charge in [-0.25, -0.2) is 4.98 Å². The molecule has 4 aromatic carbocycles. The predicted molar refractivity (Wildman–Crippen MR) is 131 cm³/mol. The van der Waals surface area contributed by atoms with E-state index in [0.717, 1.165) is 44.5 Å². The van der Waals surface area contributed by atoms with Gasteiger partial charge >= 0.3 is 0 Å². The second-order valence-electron chi connectivity index (χ2n) is 7.56. The topological polar surface area (TPSA) is 49.9 Å². The Morgan fingerprint density at radius 2 is 1.56 bits per heavy atom. The van der Waals surface area contributed by atoms with Crippen molar-refractivity contribution in [3.63, 3.8) is 0 Å². The molecule has 0 aliphatic heterocycles. The van der Waals surface area contributed by atoms with E-state index in [2.05, 4.69) is 33.5 Å². The Labute approximate surface area is 196 Å². The zero-order valence-corrected chi connectivity index (χ0v) is 18.8. The molecule has 6 heteroatoms. The van der Waals surface area contributed by atoms with Gasteiger partial charge in [-0.15, -0.1) is 0 Å². The largest absolute Gasteiger partial charge is 0.488 e. The van der Waals surface area contributed by atoms with Crippen LogP contribution in [0.25, 0.3) is 21.8 Å². The number of rotatable bonds is 7. The van der Waals surface area contributed by atoms with Crippen LogP contribution in [-0.2, 0) is 19.7 Å². The maximum absolute atomic E-state index is 6.33. The van der Waals surface area contributed by atoms with Gasteiger partial charge in [-0.05, 0) is 41.1 Å². The van der Waals surface area contributed by atoms with Gasteiger partial charge in [0.15, 0.2) is 0 Å². The van der Waals surface area contributed by atoms with Crippen LogP contribution in [0.1, 0.15) is 17.0 Å². The Hall–Kier alpha value is -3.05. The molecule has 0 unspecified atom stereocenters. The summed E-state index contributed by atoms with van der Waals surface area (Å²) < 4.78 is 6.21. The average Bonchev–Trinajstić information content (AvgIpc) is 3.22. The summed E-state index contributed by atoms with van der Waals surface area (Å²) in [7, 11) is 0. The van der Waals surface area contributed by atoms with Crippen molar-refractivity contribution in [1.29, 1.82) is 0 Å². The fourth-order valence-electron chi connectivity index (χ4n) is 3.85. The number of benzene rings is 4.